The maximum Gasteiger partial charge on any atom is 0.327 e. The van der Waals surface area contributed by atoms with Crippen molar-refractivity contribution < 1.29 is 28.6 Å². The Morgan fingerprint density at radius 3 is 2.36 bits per heavy atom. The molecule has 0 bridgehead atoms. The number of halogens is 2. The first-order valence-corrected chi connectivity index (χ1v) is 7.81. The van der Waals surface area contributed by atoms with Crippen LogP contribution in [0.25, 0.3) is 0 Å². The number of esters is 1. The summed E-state index contributed by atoms with van der Waals surface area (Å²) in [6, 6.07) is 9.54. The largest absolute Gasteiger partial charge is 0.480 e. The number of carbonyl (C=O) groups is 2. The van der Waals surface area contributed by atoms with E-state index in [2.05, 4.69) is 0 Å². The molecule has 0 spiro atoms. The molecule has 0 saturated heterocycles. The normalized spacial score (nSPS) is 13.0. The maximum absolute atomic E-state index is 12.9. The number of aliphatic carboxylic acids is 1. The highest BCUT2D eigenvalue weighted by Crippen LogP contribution is 2.35. The van der Waals surface area contributed by atoms with Gasteiger partial charge in [-0.1, -0.05) is 17.7 Å². The fourth-order valence-corrected chi connectivity index (χ4v) is 2.35. The molecule has 0 heterocycles. The monoisotopic (exact) mass is 366 g/mol. The van der Waals surface area contributed by atoms with Crippen LogP contribution in [0.5, 0.6) is 11.5 Å². The summed E-state index contributed by atoms with van der Waals surface area (Å²) in [6.07, 6.45) is 0. The summed E-state index contributed by atoms with van der Waals surface area (Å²) in [5.74, 6) is -2.03. The van der Waals surface area contributed by atoms with Crippen molar-refractivity contribution in [2.45, 2.75) is 19.3 Å². The van der Waals surface area contributed by atoms with E-state index in [1.807, 2.05) is 0 Å². The van der Waals surface area contributed by atoms with Gasteiger partial charge in [-0.05, 0) is 55.8 Å². The standard InChI is InChI=1S/C18H16ClFO5/c1-3-24-17(23)18(2,16(21)22)11-4-9-15(14(19)10-11)25-13-7-5-12(20)6-8-13/h4-10H,3H2,1-2H3,(H,21,22). The Hall–Kier alpha value is -2.60. The Bertz CT molecular complexity index is 791. The molecule has 7 heteroatoms. The number of benzene rings is 2. The Kier molecular flexibility index (Phi) is 5.64. The van der Waals surface area contributed by atoms with Gasteiger partial charge < -0.3 is 14.6 Å². The number of carbonyl (C=O) groups excluding carboxylic acids is 1. The minimum atomic E-state index is -1.89. The summed E-state index contributed by atoms with van der Waals surface area (Å²) in [4.78, 5) is 23.8. The molecule has 0 aliphatic heterocycles. The van der Waals surface area contributed by atoms with Gasteiger partial charge in [0.1, 0.15) is 17.3 Å². The summed E-state index contributed by atoms with van der Waals surface area (Å²) in [7, 11) is 0. The van der Waals surface area contributed by atoms with Gasteiger partial charge in [0.25, 0.3) is 0 Å². The van der Waals surface area contributed by atoms with Crippen LogP contribution in [0.15, 0.2) is 42.5 Å². The van der Waals surface area contributed by atoms with E-state index >= 15 is 0 Å². The molecule has 0 aliphatic rings. The minimum absolute atomic E-state index is 0.0567. The SMILES string of the molecule is CCOC(=O)C(C)(C(=O)O)c1ccc(Oc2ccc(F)cc2)c(Cl)c1. The molecule has 132 valence electrons. The van der Waals surface area contributed by atoms with E-state index in [-0.39, 0.29) is 22.9 Å². The fraction of sp³-hybridized carbons (Fsp3) is 0.222. The number of rotatable bonds is 6. The molecular formula is C18H16ClFO5. The number of carboxylic acids is 1. The first kappa shape index (κ1) is 18.7. The summed E-state index contributed by atoms with van der Waals surface area (Å²) < 4.78 is 23.3. The van der Waals surface area contributed by atoms with Gasteiger partial charge >= 0.3 is 11.9 Å². The van der Waals surface area contributed by atoms with E-state index in [1.54, 1.807) is 6.92 Å². The lowest BCUT2D eigenvalue weighted by Gasteiger charge is -2.23. The van der Waals surface area contributed by atoms with Crippen molar-refractivity contribution in [1.82, 2.24) is 0 Å². The van der Waals surface area contributed by atoms with E-state index in [9.17, 15) is 19.1 Å². The molecule has 0 fully saturated rings. The maximum atomic E-state index is 12.9. The van der Waals surface area contributed by atoms with Crippen LogP contribution in [-0.4, -0.2) is 23.7 Å². The van der Waals surface area contributed by atoms with Crippen LogP contribution in [-0.2, 0) is 19.7 Å². The van der Waals surface area contributed by atoms with Crippen LogP contribution in [0.3, 0.4) is 0 Å². The summed E-state index contributed by atoms with van der Waals surface area (Å²) in [5, 5.41) is 9.60. The van der Waals surface area contributed by atoms with Gasteiger partial charge in [0.05, 0.1) is 11.6 Å². The van der Waals surface area contributed by atoms with Gasteiger partial charge in [-0.3, -0.25) is 9.59 Å². The molecule has 0 amide bonds. The Morgan fingerprint density at radius 1 is 1.20 bits per heavy atom. The number of hydrogen-bond acceptors (Lipinski definition) is 4. The first-order chi connectivity index (χ1) is 11.8. The molecule has 0 aromatic heterocycles. The molecule has 1 N–H and O–H groups in total. The van der Waals surface area contributed by atoms with E-state index in [0.717, 1.165) is 0 Å². The van der Waals surface area contributed by atoms with E-state index < -0.39 is 23.2 Å². The molecule has 2 rings (SSSR count). The molecular weight excluding hydrogens is 351 g/mol. The second kappa shape index (κ2) is 7.53. The van der Waals surface area contributed by atoms with Crippen molar-refractivity contribution in [3.8, 4) is 11.5 Å². The molecule has 25 heavy (non-hydrogen) atoms. The molecule has 2 aromatic rings. The fourth-order valence-electron chi connectivity index (χ4n) is 2.13. The third kappa shape index (κ3) is 3.91. The van der Waals surface area contributed by atoms with Crippen LogP contribution in [0.1, 0.15) is 19.4 Å². The molecule has 0 saturated carbocycles. The Balaban J connectivity index is 2.35. The van der Waals surface area contributed by atoms with Crippen LogP contribution in [0.4, 0.5) is 4.39 Å². The minimum Gasteiger partial charge on any atom is -0.480 e. The topological polar surface area (TPSA) is 72.8 Å². The molecule has 5 nitrogen and oxygen atoms in total. The van der Waals surface area contributed by atoms with Gasteiger partial charge in [-0.15, -0.1) is 0 Å². The van der Waals surface area contributed by atoms with Crippen molar-refractivity contribution in [3.63, 3.8) is 0 Å². The highest BCUT2D eigenvalue weighted by molar-refractivity contribution is 6.32. The predicted octanol–water partition coefficient (Wildman–Crippen LogP) is 4.18. The van der Waals surface area contributed by atoms with Crippen molar-refractivity contribution in [3.05, 3.63) is 58.9 Å². The first-order valence-electron chi connectivity index (χ1n) is 7.43. The summed E-state index contributed by atoms with van der Waals surface area (Å²) in [5.41, 5.74) is -1.73. The van der Waals surface area contributed by atoms with E-state index in [0.29, 0.717) is 5.75 Å². The van der Waals surface area contributed by atoms with E-state index in [4.69, 9.17) is 21.1 Å². The highest BCUT2D eigenvalue weighted by Gasteiger charge is 2.45. The zero-order valence-electron chi connectivity index (χ0n) is 13.6. The van der Waals surface area contributed by atoms with Crippen LogP contribution in [0, 0.1) is 5.82 Å². The van der Waals surface area contributed by atoms with Crippen LogP contribution < -0.4 is 4.74 Å². The highest BCUT2D eigenvalue weighted by atomic mass is 35.5. The number of carboxylic acid groups (broad SMARTS) is 1. The molecule has 2 aromatic carbocycles. The smallest absolute Gasteiger partial charge is 0.327 e. The zero-order valence-corrected chi connectivity index (χ0v) is 14.3. The third-order valence-electron chi connectivity index (χ3n) is 3.66. The molecule has 0 aliphatic carbocycles. The Labute approximate surface area is 148 Å². The second-order valence-corrected chi connectivity index (χ2v) is 5.76. The van der Waals surface area contributed by atoms with Crippen molar-refractivity contribution in [2.24, 2.45) is 0 Å². The number of ether oxygens (including phenoxy) is 2. The number of hydrogen-bond donors (Lipinski definition) is 1. The second-order valence-electron chi connectivity index (χ2n) is 5.35. The van der Waals surface area contributed by atoms with Gasteiger partial charge in [0.15, 0.2) is 5.41 Å². The van der Waals surface area contributed by atoms with Crippen molar-refractivity contribution in [2.75, 3.05) is 6.61 Å². The van der Waals surface area contributed by atoms with Gasteiger partial charge in [0.2, 0.25) is 0 Å². The molecule has 1 atom stereocenters. The average Bonchev–Trinajstić information content (AvgIpc) is 2.57. The lowest BCUT2D eigenvalue weighted by molar-refractivity contribution is -0.160. The quantitative estimate of drug-likeness (QED) is 0.613. The van der Waals surface area contributed by atoms with Gasteiger partial charge in [-0.25, -0.2) is 4.39 Å². The Morgan fingerprint density at radius 2 is 1.84 bits per heavy atom. The van der Waals surface area contributed by atoms with Gasteiger partial charge in [-0.2, -0.15) is 0 Å². The van der Waals surface area contributed by atoms with E-state index in [1.165, 1.54) is 49.4 Å². The molecule has 1 unspecified atom stereocenters. The third-order valence-corrected chi connectivity index (χ3v) is 3.96. The summed E-state index contributed by atoms with van der Waals surface area (Å²) in [6.45, 7) is 2.90. The lowest BCUT2D eigenvalue weighted by atomic mass is 9.82. The van der Waals surface area contributed by atoms with Gasteiger partial charge in [0, 0.05) is 0 Å². The zero-order chi connectivity index (χ0) is 18.6. The predicted molar refractivity (Wildman–Crippen MR) is 89.5 cm³/mol. The van der Waals surface area contributed by atoms with Crippen molar-refractivity contribution in [1.29, 1.82) is 0 Å². The lowest BCUT2D eigenvalue weighted by Crippen LogP contribution is -2.42. The average molecular weight is 367 g/mol. The summed E-state index contributed by atoms with van der Waals surface area (Å²) >= 11 is 6.16. The molecule has 0 radical (unpaired) electrons. The van der Waals surface area contributed by atoms with Crippen molar-refractivity contribution >= 4 is 23.5 Å². The van der Waals surface area contributed by atoms with Crippen LogP contribution >= 0.6 is 11.6 Å². The van der Waals surface area contributed by atoms with Crippen LogP contribution in [0.2, 0.25) is 5.02 Å².